The number of fused-ring (bicyclic) bond motifs is 1. The first-order chi connectivity index (χ1) is 11.7. The Kier molecular flexibility index (Phi) is 4.02. The molecule has 0 aliphatic heterocycles. The van der Waals surface area contributed by atoms with Gasteiger partial charge in [-0.25, -0.2) is 4.98 Å². The number of alkyl halides is 3. The van der Waals surface area contributed by atoms with Crippen molar-refractivity contribution in [1.82, 2.24) is 19.3 Å². The van der Waals surface area contributed by atoms with Gasteiger partial charge in [0.05, 0.1) is 11.0 Å². The van der Waals surface area contributed by atoms with Crippen LogP contribution in [-0.4, -0.2) is 25.2 Å². The molecule has 2 aromatic heterocycles. The summed E-state index contributed by atoms with van der Waals surface area (Å²) in [5.74, 6) is -1.30. The van der Waals surface area contributed by atoms with Crippen LogP contribution in [-0.2, 0) is 18.0 Å². The lowest BCUT2D eigenvalue weighted by Gasteiger charge is -2.14. The normalized spacial score (nSPS) is 13.2. The first kappa shape index (κ1) is 17.0. The van der Waals surface area contributed by atoms with Crippen molar-refractivity contribution in [3.05, 3.63) is 42.0 Å². The second kappa shape index (κ2) is 5.91. The van der Waals surface area contributed by atoms with E-state index in [0.29, 0.717) is 11.2 Å². The number of hydrogen-bond acceptors (Lipinski definition) is 3. The molecule has 1 amide bonds. The second-order valence-corrected chi connectivity index (χ2v) is 5.78. The van der Waals surface area contributed by atoms with E-state index >= 15 is 0 Å². The van der Waals surface area contributed by atoms with Crippen molar-refractivity contribution >= 4 is 22.6 Å². The van der Waals surface area contributed by atoms with E-state index in [-0.39, 0.29) is 11.4 Å². The molecule has 0 saturated heterocycles. The smallest absolute Gasteiger partial charge is 0.324 e. The quantitative estimate of drug-likeness (QED) is 0.787. The summed E-state index contributed by atoms with van der Waals surface area (Å²) in [5.41, 5.74) is 1.70. The maximum Gasteiger partial charge on any atom is 0.449 e. The summed E-state index contributed by atoms with van der Waals surface area (Å²) < 4.78 is 41.4. The molecule has 0 saturated carbocycles. The molecule has 9 heteroatoms. The second-order valence-electron chi connectivity index (χ2n) is 5.78. The van der Waals surface area contributed by atoms with Gasteiger partial charge < -0.3 is 9.88 Å². The topological polar surface area (TPSA) is 64.7 Å². The standard InChI is InChI=1S/C16H16F3N5O/c1-9-6-7-20-24(9)10(2)14(25)21-11-4-5-13-12(8-11)22-15(23(13)3)16(17,18)19/h4-8,10H,1-3H3,(H,21,25). The number of imidazole rings is 1. The Morgan fingerprint density at radius 2 is 2.00 bits per heavy atom. The van der Waals surface area contributed by atoms with Gasteiger partial charge in [0.25, 0.3) is 0 Å². The molecule has 1 aromatic carbocycles. The van der Waals surface area contributed by atoms with Gasteiger partial charge in [0.2, 0.25) is 11.7 Å². The number of benzene rings is 1. The van der Waals surface area contributed by atoms with Crippen LogP contribution in [0.25, 0.3) is 11.0 Å². The molecule has 0 bridgehead atoms. The van der Waals surface area contributed by atoms with Crippen LogP contribution in [0.15, 0.2) is 30.5 Å². The molecule has 0 spiro atoms. The molecule has 2 heterocycles. The number of aromatic nitrogens is 4. The van der Waals surface area contributed by atoms with Gasteiger partial charge in [-0.15, -0.1) is 0 Å². The van der Waals surface area contributed by atoms with Gasteiger partial charge in [0.1, 0.15) is 6.04 Å². The fourth-order valence-electron chi connectivity index (χ4n) is 2.67. The van der Waals surface area contributed by atoms with Crippen molar-refractivity contribution in [3.8, 4) is 0 Å². The fourth-order valence-corrected chi connectivity index (χ4v) is 2.67. The van der Waals surface area contributed by atoms with E-state index in [0.717, 1.165) is 10.3 Å². The highest BCUT2D eigenvalue weighted by molar-refractivity contribution is 5.95. The van der Waals surface area contributed by atoms with Crippen LogP contribution in [0, 0.1) is 6.92 Å². The average molecular weight is 351 g/mol. The minimum absolute atomic E-state index is 0.163. The van der Waals surface area contributed by atoms with Gasteiger partial charge in [0, 0.05) is 24.6 Å². The summed E-state index contributed by atoms with van der Waals surface area (Å²) in [5, 5.41) is 6.77. The number of halogens is 3. The number of aryl methyl sites for hydroxylation is 2. The fraction of sp³-hybridized carbons (Fsp3) is 0.312. The number of nitrogens with one attached hydrogen (secondary N) is 1. The molecule has 6 nitrogen and oxygen atoms in total. The maximum atomic E-state index is 12.9. The van der Waals surface area contributed by atoms with E-state index in [2.05, 4.69) is 15.4 Å². The largest absolute Gasteiger partial charge is 0.449 e. The summed E-state index contributed by atoms with van der Waals surface area (Å²) >= 11 is 0. The Morgan fingerprint density at radius 3 is 2.60 bits per heavy atom. The predicted octanol–water partition coefficient (Wildman–Crippen LogP) is 3.30. The minimum Gasteiger partial charge on any atom is -0.324 e. The van der Waals surface area contributed by atoms with E-state index in [1.54, 1.807) is 29.9 Å². The van der Waals surface area contributed by atoms with Crippen LogP contribution in [0.1, 0.15) is 24.5 Å². The summed E-state index contributed by atoms with van der Waals surface area (Å²) in [6, 6.07) is 5.69. The lowest BCUT2D eigenvalue weighted by molar-refractivity contribution is -0.146. The summed E-state index contributed by atoms with van der Waals surface area (Å²) in [4.78, 5) is 16.0. The highest BCUT2D eigenvalue weighted by Gasteiger charge is 2.36. The molecular formula is C16H16F3N5O. The minimum atomic E-state index is -4.54. The van der Waals surface area contributed by atoms with Crippen LogP contribution in [0.2, 0.25) is 0 Å². The van der Waals surface area contributed by atoms with Crippen LogP contribution in [0.3, 0.4) is 0 Å². The SMILES string of the molecule is Cc1ccnn1C(C)C(=O)Nc1ccc2c(c1)nc(C(F)(F)F)n2C. The Balaban J connectivity index is 1.87. The number of rotatable bonds is 3. The first-order valence-corrected chi connectivity index (χ1v) is 7.53. The lowest BCUT2D eigenvalue weighted by atomic mass is 10.2. The Bertz CT molecular complexity index is 941. The lowest BCUT2D eigenvalue weighted by Crippen LogP contribution is -2.25. The molecule has 25 heavy (non-hydrogen) atoms. The molecule has 0 aliphatic carbocycles. The number of anilines is 1. The molecule has 0 aliphatic rings. The third kappa shape index (κ3) is 3.09. The maximum absolute atomic E-state index is 12.9. The van der Waals surface area contributed by atoms with Crippen molar-refractivity contribution < 1.29 is 18.0 Å². The van der Waals surface area contributed by atoms with Crippen molar-refractivity contribution in [2.75, 3.05) is 5.32 Å². The van der Waals surface area contributed by atoms with Crippen molar-refractivity contribution in [2.24, 2.45) is 7.05 Å². The monoisotopic (exact) mass is 351 g/mol. The van der Waals surface area contributed by atoms with Crippen LogP contribution < -0.4 is 5.32 Å². The van der Waals surface area contributed by atoms with Gasteiger partial charge in [-0.2, -0.15) is 18.3 Å². The third-order valence-electron chi connectivity index (χ3n) is 4.02. The van der Waals surface area contributed by atoms with Crippen LogP contribution >= 0.6 is 0 Å². The highest BCUT2D eigenvalue weighted by Crippen LogP contribution is 2.31. The van der Waals surface area contributed by atoms with Crippen molar-refractivity contribution in [1.29, 1.82) is 0 Å². The molecule has 0 fully saturated rings. The van der Waals surface area contributed by atoms with Gasteiger partial charge >= 0.3 is 6.18 Å². The average Bonchev–Trinajstić information content (AvgIpc) is 3.10. The van der Waals surface area contributed by atoms with Gasteiger partial charge in [0.15, 0.2) is 0 Å². The van der Waals surface area contributed by atoms with Crippen LogP contribution in [0.5, 0.6) is 0 Å². The van der Waals surface area contributed by atoms with Crippen molar-refractivity contribution in [3.63, 3.8) is 0 Å². The van der Waals surface area contributed by atoms with E-state index in [1.165, 1.54) is 19.2 Å². The number of carbonyl (C=O) groups is 1. The van der Waals surface area contributed by atoms with E-state index in [1.807, 2.05) is 6.92 Å². The molecule has 0 radical (unpaired) electrons. The predicted molar refractivity (Wildman–Crippen MR) is 86.0 cm³/mol. The summed E-state index contributed by atoms with van der Waals surface area (Å²) in [6.45, 7) is 3.52. The molecular weight excluding hydrogens is 335 g/mol. The first-order valence-electron chi connectivity index (χ1n) is 7.53. The summed E-state index contributed by atoms with van der Waals surface area (Å²) in [7, 11) is 1.30. The van der Waals surface area contributed by atoms with Crippen LogP contribution in [0.4, 0.5) is 18.9 Å². The van der Waals surface area contributed by atoms with E-state index in [9.17, 15) is 18.0 Å². The zero-order valence-corrected chi connectivity index (χ0v) is 13.8. The van der Waals surface area contributed by atoms with E-state index in [4.69, 9.17) is 0 Å². The van der Waals surface area contributed by atoms with Gasteiger partial charge in [-0.05, 0) is 38.1 Å². The number of carbonyl (C=O) groups excluding carboxylic acids is 1. The summed E-state index contributed by atoms with van der Waals surface area (Å²) in [6.07, 6.45) is -2.94. The highest BCUT2D eigenvalue weighted by atomic mass is 19.4. The van der Waals surface area contributed by atoms with Gasteiger partial charge in [-0.3, -0.25) is 9.48 Å². The van der Waals surface area contributed by atoms with E-state index < -0.39 is 18.0 Å². The van der Waals surface area contributed by atoms with Crippen molar-refractivity contribution in [2.45, 2.75) is 26.1 Å². The molecule has 3 aromatic rings. The number of amides is 1. The zero-order valence-electron chi connectivity index (χ0n) is 13.8. The Morgan fingerprint density at radius 1 is 1.28 bits per heavy atom. The molecule has 132 valence electrons. The zero-order chi connectivity index (χ0) is 18.4. The Hall–Kier alpha value is -2.84. The molecule has 1 N–H and O–H groups in total. The number of hydrogen-bond donors (Lipinski definition) is 1. The molecule has 1 unspecified atom stereocenters. The Labute approximate surface area is 141 Å². The molecule has 3 rings (SSSR count). The molecule has 1 atom stereocenters. The van der Waals surface area contributed by atoms with Gasteiger partial charge in [-0.1, -0.05) is 0 Å². The number of nitrogens with zero attached hydrogens (tertiary/aromatic N) is 4. The third-order valence-corrected chi connectivity index (χ3v) is 4.02.